The molecule has 7 nitrogen and oxygen atoms in total. The van der Waals surface area contributed by atoms with E-state index in [0.29, 0.717) is 12.1 Å². The van der Waals surface area contributed by atoms with Crippen LogP contribution in [-0.2, 0) is 0 Å². The molecule has 222 valence electrons. The molecule has 2 N–H and O–H groups in total. The Hall–Kier alpha value is -2.66. The monoisotopic (exact) mass is 563 g/mol. The molecule has 2 aliphatic rings. The molecule has 10 heteroatoms. The van der Waals surface area contributed by atoms with Gasteiger partial charge in [-0.2, -0.15) is 0 Å². The number of anilines is 2. The van der Waals surface area contributed by atoms with Crippen molar-refractivity contribution in [2.75, 3.05) is 77.3 Å². The lowest BCUT2D eigenvalue weighted by Gasteiger charge is -2.49. The molecule has 0 spiro atoms. The molecule has 0 aliphatic carbocycles. The van der Waals surface area contributed by atoms with E-state index < -0.39 is 34.6 Å². The van der Waals surface area contributed by atoms with E-state index >= 15 is 0 Å². The second kappa shape index (κ2) is 14.3. The van der Waals surface area contributed by atoms with Gasteiger partial charge < -0.3 is 20.2 Å². The molecular formula is C30H44F3N5O2. The summed E-state index contributed by atoms with van der Waals surface area (Å²) in [6.45, 7) is 18.4. The summed E-state index contributed by atoms with van der Waals surface area (Å²) >= 11 is 0. The van der Waals surface area contributed by atoms with E-state index in [0.717, 1.165) is 58.4 Å². The SMILES string of the molecule is CC.CCN(CC)CCN1CCN(CC2(O)CN(C(=O)c3ccc(F)c(F)c3Nc3ccc(C)cc3F)C2)CC1. The fourth-order valence-corrected chi connectivity index (χ4v) is 5.20. The van der Waals surface area contributed by atoms with E-state index in [4.69, 9.17) is 0 Å². The topological polar surface area (TPSA) is 62.3 Å². The van der Waals surface area contributed by atoms with Gasteiger partial charge in [-0.3, -0.25) is 14.6 Å². The zero-order chi connectivity index (χ0) is 29.4. The van der Waals surface area contributed by atoms with Crippen molar-refractivity contribution in [3.05, 3.63) is 58.9 Å². The van der Waals surface area contributed by atoms with Gasteiger partial charge in [0.1, 0.15) is 11.4 Å². The summed E-state index contributed by atoms with van der Waals surface area (Å²) in [4.78, 5) is 21.7. The Labute approximate surface area is 236 Å². The largest absolute Gasteiger partial charge is 0.385 e. The van der Waals surface area contributed by atoms with E-state index in [1.54, 1.807) is 13.0 Å². The quantitative estimate of drug-likeness (QED) is 0.449. The molecule has 0 atom stereocenters. The molecular weight excluding hydrogens is 519 g/mol. The Morgan fingerprint density at radius 2 is 1.60 bits per heavy atom. The maximum absolute atomic E-state index is 14.7. The third-order valence-electron chi connectivity index (χ3n) is 7.58. The lowest BCUT2D eigenvalue weighted by atomic mass is 9.92. The van der Waals surface area contributed by atoms with Crippen molar-refractivity contribution in [3.63, 3.8) is 0 Å². The highest BCUT2D eigenvalue weighted by atomic mass is 19.2. The molecule has 0 unspecified atom stereocenters. The minimum atomic E-state index is -1.26. The molecule has 1 amide bonds. The normalized spacial score (nSPS) is 17.3. The molecule has 2 saturated heterocycles. The summed E-state index contributed by atoms with van der Waals surface area (Å²) < 4.78 is 43.2. The van der Waals surface area contributed by atoms with Gasteiger partial charge >= 0.3 is 0 Å². The molecule has 40 heavy (non-hydrogen) atoms. The van der Waals surface area contributed by atoms with Crippen LogP contribution >= 0.6 is 0 Å². The summed E-state index contributed by atoms with van der Waals surface area (Å²) in [5.41, 5.74) is -0.994. The van der Waals surface area contributed by atoms with Gasteiger partial charge in [0.2, 0.25) is 0 Å². The van der Waals surface area contributed by atoms with Crippen LogP contribution in [0.4, 0.5) is 24.5 Å². The second-order valence-electron chi connectivity index (χ2n) is 10.4. The van der Waals surface area contributed by atoms with E-state index in [1.807, 2.05) is 13.8 Å². The number of hydrogen-bond donors (Lipinski definition) is 2. The van der Waals surface area contributed by atoms with Crippen LogP contribution < -0.4 is 5.32 Å². The van der Waals surface area contributed by atoms with Crippen molar-refractivity contribution in [3.8, 4) is 0 Å². The van der Waals surface area contributed by atoms with Crippen LogP contribution in [-0.4, -0.2) is 108 Å². The highest BCUT2D eigenvalue weighted by Crippen LogP contribution is 2.32. The predicted octanol–water partition coefficient (Wildman–Crippen LogP) is 4.33. The van der Waals surface area contributed by atoms with E-state index in [-0.39, 0.29) is 24.3 Å². The molecule has 2 aromatic carbocycles. The van der Waals surface area contributed by atoms with Crippen LogP contribution in [0.15, 0.2) is 30.3 Å². The summed E-state index contributed by atoms with van der Waals surface area (Å²) in [5, 5.41) is 13.6. The first-order valence-electron chi connectivity index (χ1n) is 14.3. The number of nitrogens with zero attached hydrogens (tertiary/aromatic N) is 4. The maximum Gasteiger partial charge on any atom is 0.256 e. The minimum absolute atomic E-state index is 0.0643. The number of piperazine rings is 1. The number of β-amino-alcohol motifs (C(OH)–C–C–N with tert-alkyl or cyclic N) is 1. The Bertz CT molecular complexity index is 1130. The molecule has 2 heterocycles. The number of amides is 1. The number of aryl methyl sites for hydroxylation is 1. The average molecular weight is 564 g/mol. The van der Waals surface area contributed by atoms with Gasteiger partial charge in [0.15, 0.2) is 11.6 Å². The number of nitrogens with one attached hydrogen (secondary N) is 1. The molecule has 4 rings (SSSR count). The first kappa shape index (κ1) is 31.9. The molecule has 0 saturated carbocycles. The van der Waals surface area contributed by atoms with Crippen LogP contribution in [0.2, 0.25) is 0 Å². The molecule has 2 aliphatic heterocycles. The smallest absolute Gasteiger partial charge is 0.256 e. The predicted molar refractivity (Wildman–Crippen MR) is 154 cm³/mol. The van der Waals surface area contributed by atoms with Gasteiger partial charge in [0.25, 0.3) is 5.91 Å². The molecule has 2 fully saturated rings. The van der Waals surface area contributed by atoms with Crippen molar-refractivity contribution in [2.45, 2.75) is 40.2 Å². The van der Waals surface area contributed by atoms with Crippen LogP contribution in [0.25, 0.3) is 0 Å². The third-order valence-corrected chi connectivity index (χ3v) is 7.58. The van der Waals surface area contributed by atoms with Crippen molar-refractivity contribution in [2.24, 2.45) is 0 Å². The zero-order valence-electron chi connectivity index (χ0n) is 24.4. The maximum atomic E-state index is 14.7. The first-order chi connectivity index (χ1) is 19.1. The number of rotatable bonds is 10. The highest BCUT2D eigenvalue weighted by molar-refractivity contribution is 6.01. The van der Waals surface area contributed by atoms with E-state index in [1.165, 1.54) is 23.1 Å². The summed E-state index contributed by atoms with van der Waals surface area (Å²) in [6.07, 6.45) is 0. The number of halogens is 3. The fourth-order valence-electron chi connectivity index (χ4n) is 5.20. The van der Waals surface area contributed by atoms with E-state index in [2.05, 4.69) is 33.9 Å². The number of carbonyl (C=O) groups is 1. The third kappa shape index (κ3) is 7.75. The van der Waals surface area contributed by atoms with Crippen molar-refractivity contribution >= 4 is 17.3 Å². The van der Waals surface area contributed by atoms with Crippen LogP contribution in [0.1, 0.15) is 43.6 Å². The Kier molecular flexibility index (Phi) is 11.4. The van der Waals surface area contributed by atoms with Gasteiger partial charge in [0, 0.05) is 45.8 Å². The first-order valence-corrected chi connectivity index (χ1v) is 14.3. The van der Waals surface area contributed by atoms with Crippen LogP contribution in [0.3, 0.4) is 0 Å². The van der Waals surface area contributed by atoms with Crippen LogP contribution in [0, 0.1) is 24.4 Å². The molecule has 2 aromatic rings. The van der Waals surface area contributed by atoms with E-state index in [9.17, 15) is 23.1 Å². The van der Waals surface area contributed by atoms with Crippen LogP contribution in [0.5, 0.6) is 0 Å². The zero-order valence-corrected chi connectivity index (χ0v) is 24.4. The van der Waals surface area contributed by atoms with Gasteiger partial charge in [-0.15, -0.1) is 0 Å². The Morgan fingerprint density at radius 3 is 2.20 bits per heavy atom. The number of likely N-dealkylation sites (N-methyl/N-ethyl adjacent to an activating group) is 1. The number of aliphatic hydroxyl groups is 1. The Morgan fingerprint density at radius 1 is 0.975 bits per heavy atom. The lowest BCUT2D eigenvalue weighted by Crippen LogP contribution is -2.68. The molecule has 0 radical (unpaired) electrons. The van der Waals surface area contributed by atoms with Gasteiger partial charge in [0.05, 0.1) is 30.0 Å². The van der Waals surface area contributed by atoms with Crippen molar-refractivity contribution < 1.29 is 23.1 Å². The highest BCUT2D eigenvalue weighted by Gasteiger charge is 2.45. The van der Waals surface area contributed by atoms with Crippen molar-refractivity contribution in [1.82, 2.24) is 19.6 Å². The number of benzene rings is 2. The van der Waals surface area contributed by atoms with Gasteiger partial charge in [-0.05, 0) is 49.8 Å². The lowest BCUT2D eigenvalue weighted by molar-refractivity contribution is -0.102. The minimum Gasteiger partial charge on any atom is -0.385 e. The summed E-state index contributed by atoms with van der Waals surface area (Å²) in [5.74, 6) is -3.60. The molecule has 0 bridgehead atoms. The summed E-state index contributed by atoms with van der Waals surface area (Å²) in [7, 11) is 0. The number of hydrogen-bond acceptors (Lipinski definition) is 6. The summed E-state index contributed by atoms with van der Waals surface area (Å²) in [6, 6.07) is 6.37. The Balaban J connectivity index is 0.00000216. The number of likely N-dealkylation sites (tertiary alicyclic amines) is 1. The van der Waals surface area contributed by atoms with Gasteiger partial charge in [-0.25, -0.2) is 13.2 Å². The van der Waals surface area contributed by atoms with Crippen molar-refractivity contribution in [1.29, 1.82) is 0 Å². The van der Waals surface area contributed by atoms with Gasteiger partial charge in [-0.1, -0.05) is 33.8 Å². The molecule has 0 aromatic heterocycles. The number of carbonyl (C=O) groups excluding carboxylic acids is 1. The standard InChI is InChI=1S/C28H38F3N5O2.C2H6/c1-4-33(5-2)10-11-34-12-14-35(15-13-34)17-28(38)18-36(19-28)27(37)21-7-8-22(29)25(31)26(21)32-24-9-6-20(3)16-23(24)30;1-2/h6-9,16,32,38H,4-5,10-15,17-19H2,1-3H3;1-2H3. The fraction of sp³-hybridized carbons (Fsp3) is 0.567. The average Bonchev–Trinajstić information content (AvgIpc) is 2.93. The second-order valence-corrected chi connectivity index (χ2v) is 10.4.